The molecule has 0 bridgehead atoms. The Labute approximate surface area is 70.9 Å². The summed E-state index contributed by atoms with van der Waals surface area (Å²) in [6.45, 7) is 5.09. The van der Waals surface area contributed by atoms with Crippen LogP contribution in [0.2, 0.25) is 0 Å². The normalized spacial score (nSPS) is 18.4. The zero-order valence-electron chi connectivity index (χ0n) is 6.83. The molecule has 0 unspecified atom stereocenters. The van der Waals surface area contributed by atoms with Crippen molar-refractivity contribution in [1.82, 2.24) is 5.32 Å². The molecule has 12 heavy (non-hydrogen) atoms. The maximum absolute atomic E-state index is 7.37. The molecule has 4 nitrogen and oxygen atoms in total. The lowest BCUT2D eigenvalue weighted by molar-refractivity contribution is 1.14. The van der Waals surface area contributed by atoms with E-state index in [1.165, 1.54) is 0 Å². The molecule has 1 aliphatic rings. The summed E-state index contributed by atoms with van der Waals surface area (Å²) in [5, 5.41) is 10.3. The maximum Gasteiger partial charge on any atom is 0.148 e. The van der Waals surface area contributed by atoms with Crippen LogP contribution < -0.4 is 5.32 Å². The third kappa shape index (κ3) is 1.66. The smallest absolute Gasteiger partial charge is 0.148 e. The van der Waals surface area contributed by atoms with Crippen molar-refractivity contribution in [2.24, 2.45) is 9.98 Å². The van der Waals surface area contributed by atoms with Gasteiger partial charge in [0.25, 0.3) is 0 Å². The van der Waals surface area contributed by atoms with Crippen LogP contribution in [0, 0.1) is 5.41 Å². The first-order chi connectivity index (χ1) is 5.75. The lowest BCUT2D eigenvalue weighted by Crippen LogP contribution is -2.15. The molecule has 0 aromatic rings. The van der Waals surface area contributed by atoms with Crippen LogP contribution in [0.4, 0.5) is 0 Å². The average Bonchev–Trinajstić information content (AvgIpc) is 2.17. The summed E-state index contributed by atoms with van der Waals surface area (Å²) in [7, 11) is 0. The summed E-state index contributed by atoms with van der Waals surface area (Å²) in [6.07, 6.45) is 5.01. The Morgan fingerprint density at radius 2 is 2.50 bits per heavy atom. The van der Waals surface area contributed by atoms with Gasteiger partial charge in [-0.05, 0) is 19.7 Å². The predicted molar refractivity (Wildman–Crippen MR) is 50.7 cm³/mol. The van der Waals surface area contributed by atoms with Crippen molar-refractivity contribution in [2.45, 2.75) is 6.92 Å². The van der Waals surface area contributed by atoms with E-state index in [-0.39, 0.29) is 5.84 Å². The van der Waals surface area contributed by atoms with Gasteiger partial charge in [0.1, 0.15) is 5.84 Å². The Morgan fingerprint density at radius 1 is 1.75 bits per heavy atom. The van der Waals surface area contributed by atoms with Gasteiger partial charge >= 0.3 is 0 Å². The monoisotopic (exact) mass is 162 g/mol. The molecule has 0 amide bonds. The highest BCUT2D eigenvalue weighted by molar-refractivity contribution is 5.99. The Kier molecular flexibility index (Phi) is 2.53. The molecular formula is C8H10N4. The molecule has 0 radical (unpaired) electrons. The largest absolute Gasteiger partial charge is 0.346 e. The van der Waals surface area contributed by atoms with E-state index in [1.54, 1.807) is 18.6 Å². The van der Waals surface area contributed by atoms with E-state index in [0.29, 0.717) is 0 Å². The first kappa shape index (κ1) is 8.39. The van der Waals surface area contributed by atoms with E-state index < -0.39 is 0 Å². The van der Waals surface area contributed by atoms with Gasteiger partial charge in [-0.1, -0.05) is 0 Å². The highest BCUT2D eigenvalue weighted by Gasteiger charge is 2.03. The van der Waals surface area contributed by atoms with E-state index in [4.69, 9.17) is 5.41 Å². The number of hydrogen-bond donors (Lipinski definition) is 2. The van der Waals surface area contributed by atoms with Gasteiger partial charge in [-0.15, -0.1) is 0 Å². The van der Waals surface area contributed by atoms with Crippen LogP contribution >= 0.6 is 0 Å². The summed E-state index contributed by atoms with van der Waals surface area (Å²) in [5.41, 5.74) is 1.59. The molecule has 0 spiro atoms. The quantitative estimate of drug-likeness (QED) is 0.440. The topological polar surface area (TPSA) is 60.6 Å². The van der Waals surface area contributed by atoms with Crippen molar-refractivity contribution >= 4 is 18.9 Å². The second-order valence-corrected chi connectivity index (χ2v) is 2.28. The molecule has 1 rings (SSSR count). The van der Waals surface area contributed by atoms with Gasteiger partial charge < -0.3 is 5.32 Å². The van der Waals surface area contributed by atoms with E-state index in [0.717, 1.165) is 11.3 Å². The van der Waals surface area contributed by atoms with Crippen LogP contribution in [0.25, 0.3) is 0 Å². The molecule has 0 aromatic heterocycles. The average molecular weight is 162 g/mol. The molecule has 0 fully saturated rings. The summed E-state index contributed by atoms with van der Waals surface area (Å²) in [4.78, 5) is 7.35. The second kappa shape index (κ2) is 3.61. The lowest BCUT2D eigenvalue weighted by atomic mass is 10.2. The molecular weight excluding hydrogens is 152 g/mol. The van der Waals surface area contributed by atoms with Crippen LogP contribution in [-0.2, 0) is 0 Å². The van der Waals surface area contributed by atoms with Crippen LogP contribution in [0.5, 0.6) is 0 Å². The number of aliphatic imine (C=N–C) groups is 2. The molecule has 1 heterocycles. The van der Waals surface area contributed by atoms with Gasteiger partial charge in [-0.25, -0.2) is 9.98 Å². The minimum Gasteiger partial charge on any atom is -0.346 e. The molecule has 0 atom stereocenters. The van der Waals surface area contributed by atoms with E-state index in [9.17, 15) is 0 Å². The number of hydrogen-bond acceptors (Lipinski definition) is 3. The fraction of sp³-hybridized carbons (Fsp3) is 0.125. The lowest BCUT2D eigenvalue weighted by Gasteiger charge is -2.08. The predicted octanol–water partition coefficient (Wildman–Crippen LogP) is 1.08. The molecule has 1 aliphatic heterocycles. The SMILES string of the molecule is C=NC(=N)/C(C)=C1/C=CN=CN1. The fourth-order valence-electron chi connectivity index (χ4n) is 0.795. The van der Waals surface area contributed by atoms with Crippen LogP contribution in [0.3, 0.4) is 0 Å². The highest BCUT2D eigenvalue weighted by Crippen LogP contribution is 2.06. The zero-order valence-corrected chi connectivity index (χ0v) is 6.83. The van der Waals surface area contributed by atoms with Gasteiger partial charge in [-0.2, -0.15) is 0 Å². The van der Waals surface area contributed by atoms with Crippen molar-refractivity contribution in [3.8, 4) is 0 Å². The number of rotatable bonds is 1. The number of amidine groups is 1. The summed E-state index contributed by atoms with van der Waals surface area (Å²) >= 11 is 0. The molecule has 0 aromatic carbocycles. The third-order valence-electron chi connectivity index (χ3n) is 1.54. The standard InChI is InChI=1S/C8H10N4/c1-6(8(9)10-2)7-3-4-11-5-12-7/h3-5,9H,2H2,1H3,(H,11,12)/b7-6-,9-8?. The van der Waals surface area contributed by atoms with E-state index >= 15 is 0 Å². The van der Waals surface area contributed by atoms with Crippen molar-refractivity contribution in [1.29, 1.82) is 5.41 Å². The van der Waals surface area contributed by atoms with Crippen molar-refractivity contribution in [3.63, 3.8) is 0 Å². The minimum absolute atomic E-state index is 0.178. The van der Waals surface area contributed by atoms with Crippen molar-refractivity contribution in [2.75, 3.05) is 0 Å². The molecule has 2 N–H and O–H groups in total. The first-order valence-electron chi connectivity index (χ1n) is 3.47. The van der Waals surface area contributed by atoms with Crippen LogP contribution in [-0.4, -0.2) is 18.9 Å². The molecule has 4 heteroatoms. The van der Waals surface area contributed by atoms with Crippen LogP contribution in [0.1, 0.15) is 6.92 Å². The summed E-state index contributed by atoms with van der Waals surface area (Å²) in [5.74, 6) is 0.178. The first-order valence-corrected chi connectivity index (χ1v) is 3.47. The van der Waals surface area contributed by atoms with Crippen molar-refractivity contribution in [3.05, 3.63) is 23.5 Å². The Balaban J connectivity index is 2.90. The highest BCUT2D eigenvalue weighted by atomic mass is 15.0. The summed E-state index contributed by atoms with van der Waals surface area (Å²) < 4.78 is 0. The Morgan fingerprint density at radius 3 is 3.00 bits per heavy atom. The summed E-state index contributed by atoms with van der Waals surface area (Å²) in [6, 6.07) is 0. The minimum atomic E-state index is 0.178. The van der Waals surface area contributed by atoms with Crippen LogP contribution in [0.15, 0.2) is 33.5 Å². The number of nitrogens with one attached hydrogen (secondary N) is 2. The molecule has 0 saturated carbocycles. The number of allylic oxidation sites excluding steroid dienone is 1. The van der Waals surface area contributed by atoms with Gasteiger partial charge in [-0.3, -0.25) is 5.41 Å². The third-order valence-corrected chi connectivity index (χ3v) is 1.54. The molecule has 62 valence electrons. The Bertz CT molecular complexity index is 296. The van der Waals surface area contributed by atoms with E-state index in [2.05, 4.69) is 22.0 Å². The van der Waals surface area contributed by atoms with Gasteiger partial charge in [0.2, 0.25) is 0 Å². The van der Waals surface area contributed by atoms with Gasteiger partial charge in [0.05, 0.1) is 6.34 Å². The molecule has 0 aliphatic carbocycles. The number of nitrogens with zero attached hydrogens (tertiary/aromatic N) is 2. The zero-order chi connectivity index (χ0) is 8.97. The second-order valence-electron chi connectivity index (χ2n) is 2.28. The van der Waals surface area contributed by atoms with E-state index in [1.807, 2.05) is 6.92 Å². The van der Waals surface area contributed by atoms with Gasteiger partial charge in [0, 0.05) is 17.5 Å². The maximum atomic E-state index is 7.37. The fourth-order valence-corrected chi connectivity index (χ4v) is 0.795. The Hall–Kier alpha value is -1.71. The molecule has 0 saturated heterocycles. The van der Waals surface area contributed by atoms with Crippen molar-refractivity contribution < 1.29 is 0 Å². The van der Waals surface area contributed by atoms with Gasteiger partial charge in [0.15, 0.2) is 0 Å².